The van der Waals surface area contributed by atoms with Gasteiger partial charge in [0.25, 0.3) is 0 Å². The smallest absolute Gasteiger partial charge is 0.123 e. The fraction of sp³-hybridized carbons (Fsp3) is 0.667. The Labute approximate surface area is 127 Å². The third-order valence-corrected chi connectivity index (χ3v) is 5.51. The summed E-state index contributed by atoms with van der Waals surface area (Å²) in [5, 5.41) is 0. The number of halogens is 1. The number of rotatable bonds is 4. The van der Waals surface area contributed by atoms with Crippen molar-refractivity contribution in [3.8, 4) is 0 Å². The zero-order valence-corrected chi connectivity index (χ0v) is 12.9. The summed E-state index contributed by atoms with van der Waals surface area (Å²) in [5.74, 6) is -0.168. The Balaban J connectivity index is 1.74. The van der Waals surface area contributed by atoms with Crippen LogP contribution in [0, 0.1) is 5.82 Å². The second-order valence-electron chi connectivity index (χ2n) is 6.80. The molecule has 1 atom stereocenters. The lowest BCUT2D eigenvalue weighted by Gasteiger charge is -2.47. The van der Waals surface area contributed by atoms with Crippen LogP contribution in [0.15, 0.2) is 24.3 Å². The van der Waals surface area contributed by atoms with Crippen LogP contribution in [0.1, 0.15) is 50.5 Å². The van der Waals surface area contributed by atoms with Crippen LogP contribution < -0.4 is 5.73 Å². The van der Waals surface area contributed by atoms with E-state index in [0.29, 0.717) is 0 Å². The van der Waals surface area contributed by atoms with Gasteiger partial charge in [-0.25, -0.2) is 4.39 Å². The number of nitrogens with two attached hydrogens (primary N) is 1. The van der Waals surface area contributed by atoms with Crippen molar-refractivity contribution in [2.24, 2.45) is 5.73 Å². The minimum atomic E-state index is -0.168. The Morgan fingerprint density at radius 2 is 1.62 bits per heavy atom. The Kier molecular flexibility index (Phi) is 4.60. The molecule has 1 saturated heterocycles. The van der Waals surface area contributed by atoms with Crippen molar-refractivity contribution in [3.05, 3.63) is 35.6 Å². The Morgan fingerprint density at radius 1 is 1.00 bits per heavy atom. The van der Waals surface area contributed by atoms with Gasteiger partial charge < -0.3 is 5.73 Å². The van der Waals surface area contributed by atoms with Crippen molar-refractivity contribution in [1.29, 1.82) is 0 Å². The first kappa shape index (κ1) is 15.0. The van der Waals surface area contributed by atoms with Gasteiger partial charge in [0.1, 0.15) is 5.82 Å². The first-order valence-corrected chi connectivity index (χ1v) is 8.46. The van der Waals surface area contributed by atoms with Gasteiger partial charge in [0.2, 0.25) is 0 Å². The molecule has 0 amide bonds. The first-order valence-electron chi connectivity index (χ1n) is 8.46. The lowest BCUT2D eigenvalue weighted by molar-refractivity contribution is 0.0482. The summed E-state index contributed by atoms with van der Waals surface area (Å²) in [6.45, 7) is 2.41. The molecule has 3 rings (SSSR count). The molecule has 1 aliphatic carbocycles. The number of piperidine rings is 1. The summed E-state index contributed by atoms with van der Waals surface area (Å²) < 4.78 is 13.1. The molecule has 1 saturated carbocycles. The molecule has 0 spiro atoms. The predicted molar refractivity (Wildman–Crippen MR) is 84.7 cm³/mol. The van der Waals surface area contributed by atoms with E-state index in [1.54, 1.807) is 12.1 Å². The van der Waals surface area contributed by atoms with Crippen molar-refractivity contribution in [2.45, 2.75) is 62.9 Å². The zero-order valence-electron chi connectivity index (χ0n) is 12.9. The van der Waals surface area contributed by atoms with Crippen molar-refractivity contribution < 1.29 is 4.39 Å². The van der Waals surface area contributed by atoms with Crippen LogP contribution in [0.4, 0.5) is 4.39 Å². The van der Waals surface area contributed by atoms with Gasteiger partial charge in [-0.2, -0.15) is 0 Å². The summed E-state index contributed by atoms with van der Waals surface area (Å²) in [6, 6.07) is 7.01. The SMILES string of the molecule is NC(Cc1ccc(F)cc1)C1(N2CCCCC2)CCCC1. The second kappa shape index (κ2) is 6.45. The van der Waals surface area contributed by atoms with Crippen LogP contribution in [0.25, 0.3) is 0 Å². The molecule has 3 heteroatoms. The highest BCUT2D eigenvalue weighted by Crippen LogP contribution is 2.39. The van der Waals surface area contributed by atoms with Gasteiger partial charge >= 0.3 is 0 Å². The Hall–Kier alpha value is -0.930. The summed E-state index contributed by atoms with van der Waals surface area (Å²) in [7, 11) is 0. The molecule has 1 aromatic rings. The largest absolute Gasteiger partial charge is 0.326 e. The standard InChI is InChI=1S/C18H27FN2/c19-16-8-6-15(7-9-16)14-17(20)18(10-2-3-11-18)21-12-4-1-5-13-21/h6-9,17H,1-5,10-14,20H2. The van der Waals surface area contributed by atoms with Gasteiger partial charge in [-0.05, 0) is 62.9 Å². The summed E-state index contributed by atoms with van der Waals surface area (Å²) in [5.41, 5.74) is 8.03. The minimum absolute atomic E-state index is 0.156. The van der Waals surface area contributed by atoms with E-state index in [2.05, 4.69) is 4.90 Å². The van der Waals surface area contributed by atoms with Gasteiger partial charge in [0.05, 0.1) is 0 Å². The van der Waals surface area contributed by atoms with Crippen LogP contribution in [0.2, 0.25) is 0 Å². The van der Waals surface area contributed by atoms with Crippen LogP contribution in [-0.4, -0.2) is 29.6 Å². The maximum atomic E-state index is 13.1. The van der Waals surface area contributed by atoms with Crippen molar-refractivity contribution in [2.75, 3.05) is 13.1 Å². The molecule has 1 aromatic carbocycles. The molecule has 21 heavy (non-hydrogen) atoms. The van der Waals surface area contributed by atoms with E-state index < -0.39 is 0 Å². The van der Waals surface area contributed by atoms with Crippen molar-refractivity contribution in [3.63, 3.8) is 0 Å². The molecule has 0 bridgehead atoms. The maximum Gasteiger partial charge on any atom is 0.123 e. The number of hydrogen-bond donors (Lipinski definition) is 1. The average Bonchev–Trinajstić information content (AvgIpc) is 3.01. The lowest BCUT2D eigenvalue weighted by atomic mass is 9.82. The summed E-state index contributed by atoms with van der Waals surface area (Å²) in [6.07, 6.45) is 9.90. The van der Waals surface area contributed by atoms with E-state index in [1.807, 2.05) is 12.1 Å². The van der Waals surface area contributed by atoms with Gasteiger partial charge in [0, 0.05) is 11.6 Å². The molecule has 0 aromatic heterocycles. The van der Waals surface area contributed by atoms with Crippen molar-refractivity contribution >= 4 is 0 Å². The maximum absolute atomic E-state index is 13.1. The fourth-order valence-corrected chi connectivity index (χ4v) is 4.31. The molecule has 1 unspecified atom stereocenters. The molecule has 2 aliphatic rings. The summed E-state index contributed by atoms with van der Waals surface area (Å²) >= 11 is 0. The number of hydrogen-bond acceptors (Lipinski definition) is 2. The van der Waals surface area contributed by atoms with Gasteiger partial charge in [-0.3, -0.25) is 4.90 Å². The minimum Gasteiger partial charge on any atom is -0.326 e. The van der Waals surface area contributed by atoms with Crippen LogP contribution in [0.3, 0.4) is 0 Å². The molecule has 1 aliphatic heterocycles. The molecule has 1 heterocycles. The van der Waals surface area contributed by atoms with E-state index in [0.717, 1.165) is 12.0 Å². The van der Waals surface area contributed by atoms with E-state index >= 15 is 0 Å². The van der Waals surface area contributed by atoms with Crippen LogP contribution >= 0.6 is 0 Å². The molecular weight excluding hydrogens is 263 g/mol. The highest BCUT2D eigenvalue weighted by molar-refractivity contribution is 5.19. The monoisotopic (exact) mass is 290 g/mol. The normalized spacial score (nSPS) is 24.1. The molecular formula is C18H27FN2. The van der Waals surface area contributed by atoms with E-state index in [1.165, 1.54) is 58.0 Å². The van der Waals surface area contributed by atoms with Crippen LogP contribution in [-0.2, 0) is 6.42 Å². The second-order valence-corrected chi connectivity index (χ2v) is 6.80. The molecule has 2 nitrogen and oxygen atoms in total. The van der Waals surface area contributed by atoms with Crippen molar-refractivity contribution in [1.82, 2.24) is 4.90 Å². The van der Waals surface area contributed by atoms with Gasteiger partial charge in [-0.1, -0.05) is 31.4 Å². The molecule has 2 N–H and O–H groups in total. The van der Waals surface area contributed by atoms with E-state index in [-0.39, 0.29) is 17.4 Å². The highest BCUT2D eigenvalue weighted by atomic mass is 19.1. The number of benzene rings is 1. The number of likely N-dealkylation sites (tertiary alicyclic amines) is 1. The summed E-state index contributed by atoms with van der Waals surface area (Å²) in [4.78, 5) is 2.68. The van der Waals surface area contributed by atoms with E-state index in [9.17, 15) is 4.39 Å². The van der Waals surface area contributed by atoms with Crippen LogP contribution in [0.5, 0.6) is 0 Å². The third kappa shape index (κ3) is 3.14. The third-order valence-electron chi connectivity index (χ3n) is 5.51. The van der Waals surface area contributed by atoms with Gasteiger partial charge in [0.15, 0.2) is 0 Å². The molecule has 2 fully saturated rings. The topological polar surface area (TPSA) is 29.3 Å². The average molecular weight is 290 g/mol. The quantitative estimate of drug-likeness (QED) is 0.919. The molecule has 116 valence electrons. The highest BCUT2D eigenvalue weighted by Gasteiger charge is 2.44. The Bertz CT molecular complexity index is 445. The first-order chi connectivity index (χ1) is 10.2. The van der Waals surface area contributed by atoms with Gasteiger partial charge in [-0.15, -0.1) is 0 Å². The lowest BCUT2D eigenvalue weighted by Crippen LogP contribution is -2.60. The van der Waals surface area contributed by atoms with E-state index in [4.69, 9.17) is 5.73 Å². The molecule has 0 radical (unpaired) electrons. The zero-order chi connectivity index (χ0) is 14.7. The Morgan fingerprint density at radius 3 is 2.24 bits per heavy atom. The predicted octanol–water partition coefficient (Wildman–Crippen LogP) is 3.49. The fourth-order valence-electron chi connectivity index (χ4n) is 4.31. The number of nitrogens with zero attached hydrogens (tertiary/aromatic N) is 1.